The van der Waals surface area contributed by atoms with E-state index in [9.17, 15) is 0 Å². The minimum absolute atomic E-state index is 0.772. The van der Waals surface area contributed by atoms with Gasteiger partial charge in [-0.3, -0.25) is 0 Å². The highest BCUT2D eigenvalue weighted by molar-refractivity contribution is 7.11. The Labute approximate surface area is 106 Å². The van der Waals surface area contributed by atoms with Crippen molar-refractivity contribution in [2.45, 2.75) is 26.8 Å². The van der Waals surface area contributed by atoms with Crippen LogP contribution in [0.2, 0.25) is 0 Å². The first-order valence-corrected chi connectivity index (χ1v) is 6.54. The van der Waals surface area contributed by atoms with Crippen LogP contribution in [0.4, 0.5) is 11.4 Å². The van der Waals surface area contributed by atoms with Crippen molar-refractivity contribution in [2.24, 2.45) is 0 Å². The standard InChI is InChI=1S/C13H17N3S/c1-3-11-7-16-13(17-11)8-15-10-4-5-12(14)9(2)6-10/h4-7,15H,3,8,14H2,1-2H3. The van der Waals surface area contributed by atoms with Gasteiger partial charge in [-0.05, 0) is 37.1 Å². The highest BCUT2D eigenvalue weighted by Gasteiger charge is 2.01. The van der Waals surface area contributed by atoms with E-state index in [0.717, 1.165) is 34.9 Å². The SMILES string of the molecule is CCc1cnc(CNc2ccc(N)c(C)c2)s1. The molecule has 1 aromatic heterocycles. The van der Waals surface area contributed by atoms with Gasteiger partial charge in [-0.1, -0.05) is 6.92 Å². The minimum Gasteiger partial charge on any atom is -0.399 e. The summed E-state index contributed by atoms with van der Waals surface area (Å²) in [6, 6.07) is 5.98. The molecule has 0 aliphatic rings. The lowest BCUT2D eigenvalue weighted by atomic mass is 10.2. The molecule has 0 spiro atoms. The molecule has 4 heteroatoms. The molecule has 0 atom stereocenters. The van der Waals surface area contributed by atoms with E-state index in [1.807, 2.05) is 25.3 Å². The van der Waals surface area contributed by atoms with E-state index in [1.165, 1.54) is 4.88 Å². The monoisotopic (exact) mass is 247 g/mol. The van der Waals surface area contributed by atoms with E-state index in [2.05, 4.69) is 23.3 Å². The number of aromatic nitrogens is 1. The van der Waals surface area contributed by atoms with Gasteiger partial charge in [0, 0.05) is 22.4 Å². The predicted octanol–water partition coefficient (Wildman–Crippen LogP) is 3.21. The summed E-state index contributed by atoms with van der Waals surface area (Å²) in [6.45, 7) is 4.93. The second-order valence-electron chi connectivity index (χ2n) is 4.00. The summed E-state index contributed by atoms with van der Waals surface area (Å²) >= 11 is 1.76. The first-order valence-electron chi connectivity index (χ1n) is 5.72. The number of hydrogen-bond donors (Lipinski definition) is 2. The van der Waals surface area contributed by atoms with E-state index in [4.69, 9.17) is 5.73 Å². The van der Waals surface area contributed by atoms with Crippen molar-refractivity contribution in [1.82, 2.24) is 4.98 Å². The molecule has 0 bridgehead atoms. The fraction of sp³-hybridized carbons (Fsp3) is 0.308. The van der Waals surface area contributed by atoms with Gasteiger partial charge in [-0.15, -0.1) is 11.3 Å². The molecule has 2 rings (SSSR count). The number of nitrogens with two attached hydrogens (primary N) is 1. The lowest BCUT2D eigenvalue weighted by Gasteiger charge is -2.06. The lowest BCUT2D eigenvalue weighted by molar-refractivity contribution is 1.09. The number of thiazole rings is 1. The Morgan fingerprint density at radius 3 is 2.88 bits per heavy atom. The summed E-state index contributed by atoms with van der Waals surface area (Å²) in [5.41, 5.74) is 8.80. The Morgan fingerprint density at radius 2 is 2.24 bits per heavy atom. The van der Waals surface area contributed by atoms with Gasteiger partial charge in [0.25, 0.3) is 0 Å². The number of benzene rings is 1. The molecule has 90 valence electrons. The largest absolute Gasteiger partial charge is 0.399 e. The van der Waals surface area contributed by atoms with Crippen LogP contribution >= 0.6 is 11.3 Å². The van der Waals surface area contributed by atoms with Gasteiger partial charge in [0.05, 0.1) is 6.54 Å². The normalized spacial score (nSPS) is 10.5. The molecule has 0 saturated heterocycles. The maximum Gasteiger partial charge on any atom is 0.112 e. The topological polar surface area (TPSA) is 50.9 Å². The summed E-state index contributed by atoms with van der Waals surface area (Å²) in [6.07, 6.45) is 3.01. The molecule has 1 heterocycles. The average molecular weight is 247 g/mol. The number of nitrogens with one attached hydrogen (secondary N) is 1. The van der Waals surface area contributed by atoms with E-state index in [-0.39, 0.29) is 0 Å². The number of nitrogens with zero attached hydrogens (tertiary/aromatic N) is 1. The summed E-state index contributed by atoms with van der Waals surface area (Å²) in [5, 5.41) is 4.48. The Hall–Kier alpha value is -1.55. The molecule has 0 unspecified atom stereocenters. The fourth-order valence-corrected chi connectivity index (χ4v) is 2.36. The van der Waals surface area contributed by atoms with Crippen LogP contribution in [0.3, 0.4) is 0 Å². The zero-order chi connectivity index (χ0) is 12.3. The molecule has 2 aromatic rings. The van der Waals surface area contributed by atoms with Crippen LogP contribution in [0.25, 0.3) is 0 Å². The Bertz CT molecular complexity index is 505. The molecule has 0 radical (unpaired) electrons. The second kappa shape index (κ2) is 5.19. The maximum absolute atomic E-state index is 5.78. The predicted molar refractivity (Wildman–Crippen MR) is 74.4 cm³/mol. The molecule has 0 fully saturated rings. The minimum atomic E-state index is 0.772. The first-order chi connectivity index (χ1) is 8.19. The summed E-state index contributed by atoms with van der Waals surface area (Å²) < 4.78 is 0. The third kappa shape index (κ3) is 2.97. The molecule has 0 aliphatic heterocycles. The molecular formula is C13H17N3S. The van der Waals surface area contributed by atoms with Crippen molar-refractivity contribution in [2.75, 3.05) is 11.1 Å². The number of aryl methyl sites for hydroxylation is 2. The van der Waals surface area contributed by atoms with Crippen molar-refractivity contribution in [3.8, 4) is 0 Å². The molecule has 0 saturated carbocycles. The third-order valence-electron chi connectivity index (χ3n) is 2.66. The van der Waals surface area contributed by atoms with Gasteiger partial charge in [0.1, 0.15) is 5.01 Å². The number of anilines is 2. The molecule has 3 N–H and O–H groups in total. The van der Waals surface area contributed by atoms with Crippen LogP contribution < -0.4 is 11.1 Å². The van der Waals surface area contributed by atoms with Gasteiger partial charge in [-0.2, -0.15) is 0 Å². The fourth-order valence-electron chi connectivity index (χ4n) is 1.56. The van der Waals surface area contributed by atoms with E-state index >= 15 is 0 Å². The summed E-state index contributed by atoms with van der Waals surface area (Å²) in [5.74, 6) is 0. The van der Waals surface area contributed by atoms with Gasteiger partial charge in [0.15, 0.2) is 0 Å². The maximum atomic E-state index is 5.78. The zero-order valence-corrected chi connectivity index (χ0v) is 11.0. The molecule has 0 amide bonds. The van der Waals surface area contributed by atoms with Crippen LogP contribution in [-0.2, 0) is 13.0 Å². The van der Waals surface area contributed by atoms with Crippen molar-refractivity contribution < 1.29 is 0 Å². The first kappa shape index (κ1) is 11.9. The smallest absolute Gasteiger partial charge is 0.112 e. The van der Waals surface area contributed by atoms with Crippen molar-refractivity contribution in [3.63, 3.8) is 0 Å². The van der Waals surface area contributed by atoms with Gasteiger partial charge >= 0.3 is 0 Å². The second-order valence-corrected chi connectivity index (χ2v) is 5.20. The number of rotatable bonds is 4. The number of nitrogen functional groups attached to an aromatic ring is 1. The highest BCUT2D eigenvalue weighted by atomic mass is 32.1. The van der Waals surface area contributed by atoms with Gasteiger partial charge < -0.3 is 11.1 Å². The van der Waals surface area contributed by atoms with Crippen LogP contribution in [0.5, 0.6) is 0 Å². The number of hydrogen-bond acceptors (Lipinski definition) is 4. The van der Waals surface area contributed by atoms with Crippen LogP contribution in [0, 0.1) is 6.92 Å². The van der Waals surface area contributed by atoms with E-state index in [1.54, 1.807) is 11.3 Å². The summed E-state index contributed by atoms with van der Waals surface area (Å²) in [4.78, 5) is 5.70. The van der Waals surface area contributed by atoms with Gasteiger partial charge in [-0.25, -0.2) is 4.98 Å². The molecule has 17 heavy (non-hydrogen) atoms. The summed E-state index contributed by atoms with van der Waals surface area (Å²) in [7, 11) is 0. The van der Waals surface area contributed by atoms with Crippen molar-refractivity contribution >= 4 is 22.7 Å². The van der Waals surface area contributed by atoms with Crippen LogP contribution in [0.1, 0.15) is 22.4 Å². The average Bonchev–Trinajstić information content (AvgIpc) is 2.79. The van der Waals surface area contributed by atoms with E-state index in [0.29, 0.717) is 0 Å². The Kier molecular flexibility index (Phi) is 3.64. The lowest BCUT2D eigenvalue weighted by Crippen LogP contribution is -1.99. The van der Waals surface area contributed by atoms with Crippen molar-refractivity contribution in [3.05, 3.63) is 39.8 Å². The van der Waals surface area contributed by atoms with Crippen LogP contribution in [-0.4, -0.2) is 4.98 Å². The third-order valence-corrected chi connectivity index (χ3v) is 3.81. The Balaban J connectivity index is 1.99. The van der Waals surface area contributed by atoms with Crippen LogP contribution in [0.15, 0.2) is 24.4 Å². The van der Waals surface area contributed by atoms with E-state index < -0.39 is 0 Å². The quantitative estimate of drug-likeness (QED) is 0.816. The Morgan fingerprint density at radius 1 is 1.41 bits per heavy atom. The molecule has 1 aromatic carbocycles. The van der Waals surface area contributed by atoms with Gasteiger partial charge in [0.2, 0.25) is 0 Å². The molecule has 3 nitrogen and oxygen atoms in total. The van der Waals surface area contributed by atoms with Crippen molar-refractivity contribution in [1.29, 1.82) is 0 Å². The molecule has 0 aliphatic carbocycles. The molecular weight excluding hydrogens is 230 g/mol. The zero-order valence-electron chi connectivity index (χ0n) is 10.2. The highest BCUT2D eigenvalue weighted by Crippen LogP contribution is 2.19.